The van der Waals surface area contributed by atoms with E-state index < -0.39 is 37.3 Å². The van der Waals surface area contributed by atoms with Crippen LogP contribution in [0, 0.1) is 0 Å². The molecule has 0 saturated carbocycles. The summed E-state index contributed by atoms with van der Waals surface area (Å²) in [7, 11) is 0. The highest BCUT2D eigenvalue weighted by molar-refractivity contribution is 7.80. The smallest absolute Gasteiger partial charge is 0.186 e. The van der Waals surface area contributed by atoms with Gasteiger partial charge in [0.25, 0.3) is 0 Å². The second kappa shape index (κ2) is 6.00. The van der Waals surface area contributed by atoms with Crippen molar-refractivity contribution in [2.75, 3.05) is 19.0 Å². The molecule has 1 aliphatic rings. The predicted octanol–water partition coefficient (Wildman–Crippen LogP) is -2.27. The molecule has 0 bridgehead atoms. The fraction of sp³-hybridized carbons (Fsp3) is 1.00. The summed E-state index contributed by atoms with van der Waals surface area (Å²) >= 11 is 3.91. The van der Waals surface area contributed by atoms with Gasteiger partial charge in [-0.3, -0.25) is 0 Å². The molecule has 1 fully saturated rings. The van der Waals surface area contributed by atoms with E-state index in [1.807, 2.05) is 0 Å². The van der Waals surface area contributed by atoms with Crippen LogP contribution in [-0.2, 0) is 9.47 Å². The first-order chi connectivity index (χ1) is 7.11. The minimum absolute atomic E-state index is 0.242. The Balaban J connectivity index is 2.57. The van der Waals surface area contributed by atoms with Crippen LogP contribution in [-0.4, -0.2) is 70.1 Å². The van der Waals surface area contributed by atoms with E-state index in [4.69, 9.17) is 14.6 Å². The summed E-state index contributed by atoms with van der Waals surface area (Å²) < 4.78 is 10.1. The van der Waals surface area contributed by atoms with Crippen molar-refractivity contribution in [3.8, 4) is 0 Å². The Bertz CT molecular complexity index is 190. The van der Waals surface area contributed by atoms with E-state index in [1.54, 1.807) is 0 Å². The monoisotopic (exact) mass is 240 g/mol. The molecule has 0 spiro atoms. The number of hydrogen-bond acceptors (Lipinski definition) is 7. The molecule has 4 N–H and O–H groups in total. The van der Waals surface area contributed by atoms with Crippen LogP contribution in [0.1, 0.15) is 0 Å². The van der Waals surface area contributed by atoms with Crippen molar-refractivity contribution in [3.05, 3.63) is 0 Å². The van der Waals surface area contributed by atoms with Crippen LogP contribution in [0.15, 0.2) is 0 Å². The van der Waals surface area contributed by atoms with Gasteiger partial charge in [0.05, 0.1) is 13.2 Å². The van der Waals surface area contributed by atoms with Crippen molar-refractivity contribution in [1.29, 1.82) is 0 Å². The van der Waals surface area contributed by atoms with Gasteiger partial charge < -0.3 is 29.9 Å². The molecule has 1 aliphatic heterocycles. The second-order valence-electron chi connectivity index (χ2n) is 3.29. The molecule has 1 saturated heterocycles. The van der Waals surface area contributed by atoms with Gasteiger partial charge in [-0.05, 0) is 0 Å². The van der Waals surface area contributed by atoms with E-state index in [1.165, 1.54) is 0 Å². The largest absolute Gasteiger partial charge is 0.394 e. The molecule has 1 rings (SSSR count). The number of aliphatic hydroxyl groups excluding tert-OH is 4. The molecule has 15 heavy (non-hydrogen) atoms. The topological polar surface area (TPSA) is 99.4 Å². The lowest BCUT2D eigenvalue weighted by atomic mass is 9.99. The van der Waals surface area contributed by atoms with E-state index in [-0.39, 0.29) is 6.61 Å². The zero-order valence-corrected chi connectivity index (χ0v) is 8.96. The first-order valence-electron chi connectivity index (χ1n) is 4.64. The third kappa shape index (κ3) is 3.04. The van der Waals surface area contributed by atoms with Gasteiger partial charge in [0, 0.05) is 5.75 Å². The molecule has 1 heterocycles. The number of thiol groups is 1. The summed E-state index contributed by atoms with van der Waals surface area (Å²) in [6.07, 6.45) is -6.04. The molecular formula is C8H16O6S. The summed E-state index contributed by atoms with van der Waals surface area (Å²) in [5, 5.41) is 37.2. The lowest BCUT2D eigenvalue weighted by molar-refractivity contribution is -0.299. The van der Waals surface area contributed by atoms with Gasteiger partial charge >= 0.3 is 0 Å². The molecule has 0 unspecified atom stereocenters. The maximum absolute atomic E-state index is 9.48. The molecular weight excluding hydrogens is 224 g/mol. The lowest BCUT2D eigenvalue weighted by Gasteiger charge is -2.39. The summed E-state index contributed by atoms with van der Waals surface area (Å²) in [5.41, 5.74) is 0. The van der Waals surface area contributed by atoms with E-state index >= 15 is 0 Å². The van der Waals surface area contributed by atoms with Crippen molar-refractivity contribution in [2.45, 2.75) is 30.7 Å². The molecule has 7 heteroatoms. The molecule has 0 aliphatic carbocycles. The fourth-order valence-electron chi connectivity index (χ4n) is 1.37. The first kappa shape index (κ1) is 13.2. The standard InChI is InChI=1S/C8H16O6S/c9-3-4-5(10)6(11)7(12)8(14-4)13-1-2-15/h4-12,15H,1-3H2/t4-,5+,6+,7-,8+/m0/s1. The summed E-state index contributed by atoms with van der Waals surface area (Å²) in [6.45, 7) is -0.211. The SMILES string of the molecule is OC[C@@H]1O[C@@H](OCCS)[C@@H](O)[C@H](O)[C@@H]1O. The van der Waals surface area contributed by atoms with Gasteiger partial charge in [-0.2, -0.15) is 12.6 Å². The normalized spacial score (nSPS) is 41.8. The zero-order valence-electron chi connectivity index (χ0n) is 8.06. The van der Waals surface area contributed by atoms with Crippen LogP contribution < -0.4 is 0 Å². The van der Waals surface area contributed by atoms with Crippen molar-refractivity contribution >= 4 is 12.6 Å². The van der Waals surface area contributed by atoms with Crippen LogP contribution in [0.2, 0.25) is 0 Å². The molecule has 0 radical (unpaired) electrons. The van der Waals surface area contributed by atoms with E-state index in [0.717, 1.165) is 0 Å². The molecule has 6 nitrogen and oxygen atoms in total. The third-order valence-electron chi connectivity index (χ3n) is 2.22. The maximum atomic E-state index is 9.48. The van der Waals surface area contributed by atoms with Crippen molar-refractivity contribution in [1.82, 2.24) is 0 Å². The minimum Gasteiger partial charge on any atom is -0.394 e. The fourth-order valence-corrected chi connectivity index (χ4v) is 1.48. The Morgan fingerprint density at radius 2 is 1.80 bits per heavy atom. The highest BCUT2D eigenvalue weighted by atomic mass is 32.1. The van der Waals surface area contributed by atoms with Crippen LogP contribution in [0.3, 0.4) is 0 Å². The average molecular weight is 240 g/mol. The summed E-state index contributed by atoms with van der Waals surface area (Å²) in [6, 6.07) is 0. The number of ether oxygens (including phenoxy) is 2. The van der Waals surface area contributed by atoms with Gasteiger partial charge in [-0.15, -0.1) is 0 Å². The Labute approximate surface area is 92.8 Å². The van der Waals surface area contributed by atoms with Gasteiger partial charge in [0.2, 0.25) is 0 Å². The van der Waals surface area contributed by atoms with Gasteiger partial charge in [-0.1, -0.05) is 0 Å². The van der Waals surface area contributed by atoms with Crippen molar-refractivity contribution < 1.29 is 29.9 Å². The third-order valence-corrected chi connectivity index (χ3v) is 2.40. The van der Waals surface area contributed by atoms with E-state index in [9.17, 15) is 15.3 Å². The highest BCUT2D eigenvalue weighted by Gasteiger charge is 2.43. The minimum atomic E-state index is -1.39. The zero-order chi connectivity index (χ0) is 11.4. The predicted molar refractivity (Wildman–Crippen MR) is 53.6 cm³/mol. The van der Waals surface area contributed by atoms with Crippen LogP contribution in [0.4, 0.5) is 0 Å². The average Bonchev–Trinajstić information content (AvgIpc) is 2.25. The molecule has 90 valence electrons. The molecule has 0 aromatic rings. The van der Waals surface area contributed by atoms with Gasteiger partial charge in [0.1, 0.15) is 24.4 Å². The Morgan fingerprint density at radius 3 is 2.33 bits per heavy atom. The van der Waals surface area contributed by atoms with Crippen molar-refractivity contribution in [2.24, 2.45) is 0 Å². The highest BCUT2D eigenvalue weighted by Crippen LogP contribution is 2.21. The van der Waals surface area contributed by atoms with E-state index in [0.29, 0.717) is 5.75 Å². The summed E-state index contributed by atoms with van der Waals surface area (Å²) in [4.78, 5) is 0. The lowest BCUT2D eigenvalue weighted by Crippen LogP contribution is -2.59. The number of hydrogen-bond donors (Lipinski definition) is 5. The van der Waals surface area contributed by atoms with Gasteiger partial charge in [0.15, 0.2) is 6.29 Å². The molecule has 0 aromatic heterocycles. The van der Waals surface area contributed by atoms with Crippen LogP contribution >= 0.6 is 12.6 Å². The Kier molecular flexibility index (Phi) is 5.27. The first-order valence-corrected chi connectivity index (χ1v) is 5.28. The molecule has 0 aromatic carbocycles. The van der Waals surface area contributed by atoms with Gasteiger partial charge in [-0.25, -0.2) is 0 Å². The Hall–Kier alpha value is 0.110. The number of aliphatic hydroxyl groups is 4. The molecule has 0 amide bonds. The number of rotatable bonds is 4. The summed E-state index contributed by atoms with van der Waals surface area (Å²) in [5.74, 6) is 0.440. The van der Waals surface area contributed by atoms with Crippen molar-refractivity contribution in [3.63, 3.8) is 0 Å². The van der Waals surface area contributed by atoms with E-state index in [2.05, 4.69) is 12.6 Å². The molecule has 5 atom stereocenters. The maximum Gasteiger partial charge on any atom is 0.186 e. The Morgan fingerprint density at radius 1 is 1.13 bits per heavy atom. The quantitative estimate of drug-likeness (QED) is 0.355. The second-order valence-corrected chi connectivity index (χ2v) is 3.74. The van der Waals surface area contributed by atoms with Crippen LogP contribution in [0.25, 0.3) is 0 Å². The van der Waals surface area contributed by atoms with Crippen LogP contribution in [0.5, 0.6) is 0 Å².